The van der Waals surface area contributed by atoms with Crippen LogP contribution in [0.5, 0.6) is 0 Å². The number of carboxylic acids is 1. The van der Waals surface area contributed by atoms with Crippen LogP contribution in [0.25, 0.3) is 0 Å². The van der Waals surface area contributed by atoms with E-state index in [1.165, 1.54) is 12.8 Å². The minimum Gasteiger partial charge on any atom is -0.481 e. The summed E-state index contributed by atoms with van der Waals surface area (Å²) in [4.78, 5) is 22.7. The second kappa shape index (κ2) is 6.26. The maximum atomic E-state index is 11.9. The summed E-state index contributed by atoms with van der Waals surface area (Å²) in [7, 11) is 0. The molecule has 0 aliphatic heterocycles. The van der Waals surface area contributed by atoms with Crippen molar-refractivity contribution in [3.05, 3.63) is 0 Å². The molecule has 0 aromatic heterocycles. The maximum absolute atomic E-state index is 11.9. The number of carbonyl (C=O) groups is 2. The average molecular weight is 268 g/mol. The summed E-state index contributed by atoms with van der Waals surface area (Å²) in [5.41, 5.74) is 0. The maximum Gasteiger partial charge on any atom is 0.315 e. The van der Waals surface area contributed by atoms with Gasteiger partial charge in [0.15, 0.2) is 0 Å². The molecule has 0 aromatic rings. The van der Waals surface area contributed by atoms with Crippen molar-refractivity contribution in [3.63, 3.8) is 0 Å². The molecule has 5 heteroatoms. The molecule has 3 atom stereocenters. The summed E-state index contributed by atoms with van der Waals surface area (Å²) in [6.45, 7) is 2.09. The minimum atomic E-state index is -0.745. The Bertz CT molecular complexity index is 342. The summed E-state index contributed by atoms with van der Waals surface area (Å²) in [6, 6.07) is 0.132. The van der Waals surface area contributed by atoms with E-state index < -0.39 is 5.97 Å². The highest BCUT2D eigenvalue weighted by Crippen LogP contribution is 2.34. The van der Waals surface area contributed by atoms with Crippen molar-refractivity contribution in [2.45, 2.75) is 64.0 Å². The Balaban J connectivity index is 1.70. The van der Waals surface area contributed by atoms with Gasteiger partial charge in [-0.3, -0.25) is 4.79 Å². The van der Waals surface area contributed by atoms with E-state index in [1.807, 2.05) is 0 Å². The lowest BCUT2D eigenvalue weighted by Gasteiger charge is -2.19. The van der Waals surface area contributed by atoms with Crippen molar-refractivity contribution in [2.24, 2.45) is 11.8 Å². The average Bonchev–Trinajstić information content (AvgIpc) is 3.05. The molecule has 2 fully saturated rings. The summed E-state index contributed by atoms with van der Waals surface area (Å²) in [6.07, 6.45) is 6.61. The van der Waals surface area contributed by atoms with Crippen molar-refractivity contribution < 1.29 is 14.7 Å². The van der Waals surface area contributed by atoms with Crippen molar-refractivity contribution >= 4 is 12.0 Å². The lowest BCUT2D eigenvalue weighted by atomic mass is 10.1. The first-order valence-corrected chi connectivity index (χ1v) is 7.38. The Morgan fingerprint density at radius 3 is 2.53 bits per heavy atom. The van der Waals surface area contributed by atoms with Crippen LogP contribution in [0, 0.1) is 11.8 Å². The number of carbonyl (C=O) groups excluding carboxylic acids is 1. The third kappa shape index (κ3) is 4.40. The molecule has 2 aliphatic rings. The molecule has 0 bridgehead atoms. The number of carboxylic acid groups (broad SMARTS) is 1. The molecule has 2 saturated carbocycles. The van der Waals surface area contributed by atoms with E-state index in [0.717, 1.165) is 25.2 Å². The highest BCUT2D eigenvalue weighted by atomic mass is 16.4. The van der Waals surface area contributed by atoms with Crippen molar-refractivity contribution in [2.75, 3.05) is 0 Å². The molecular weight excluding hydrogens is 244 g/mol. The smallest absolute Gasteiger partial charge is 0.315 e. The number of amides is 2. The summed E-state index contributed by atoms with van der Waals surface area (Å²) >= 11 is 0. The molecule has 0 aromatic carbocycles. The van der Waals surface area contributed by atoms with Gasteiger partial charge in [0.25, 0.3) is 0 Å². The quantitative estimate of drug-likeness (QED) is 0.690. The van der Waals surface area contributed by atoms with Gasteiger partial charge in [0.2, 0.25) is 0 Å². The highest BCUT2D eigenvalue weighted by Gasteiger charge is 2.31. The summed E-state index contributed by atoms with van der Waals surface area (Å²) < 4.78 is 0. The van der Waals surface area contributed by atoms with E-state index in [0.29, 0.717) is 12.8 Å². The van der Waals surface area contributed by atoms with E-state index in [4.69, 9.17) is 5.11 Å². The molecule has 5 nitrogen and oxygen atoms in total. The van der Waals surface area contributed by atoms with Gasteiger partial charge in [-0.1, -0.05) is 19.8 Å². The number of rotatable bonds is 6. The zero-order chi connectivity index (χ0) is 13.8. The summed E-state index contributed by atoms with van der Waals surface area (Å²) in [5, 5.41) is 14.8. The molecule has 0 spiro atoms. The fourth-order valence-corrected chi connectivity index (χ4v) is 2.83. The van der Waals surface area contributed by atoms with Crippen LogP contribution in [-0.4, -0.2) is 29.2 Å². The van der Waals surface area contributed by atoms with Crippen LogP contribution in [0.3, 0.4) is 0 Å². The molecule has 2 aliphatic carbocycles. The normalized spacial score (nSPS) is 27.8. The topological polar surface area (TPSA) is 78.4 Å². The zero-order valence-electron chi connectivity index (χ0n) is 11.5. The fraction of sp³-hybridized carbons (Fsp3) is 0.857. The second-order valence-electron chi connectivity index (χ2n) is 5.95. The Hall–Kier alpha value is -1.26. The van der Waals surface area contributed by atoms with Crippen LogP contribution in [0.2, 0.25) is 0 Å². The highest BCUT2D eigenvalue weighted by molar-refractivity contribution is 5.75. The molecule has 3 unspecified atom stereocenters. The Kier molecular flexibility index (Phi) is 4.66. The van der Waals surface area contributed by atoms with Crippen LogP contribution in [0.4, 0.5) is 4.79 Å². The zero-order valence-corrected chi connectivity index (χ0v) is 11.5. The molecule has 3 N–H and O–H groups in total. The molecule has 0 radical (unpaired) electrons. The predicted octanol–water partition coefficient (Wildman–Crippen LogP) is 2.12. The van der Waals surface area contributed by atoms with Gasteiger partial charge < -0.3 is 15.7 Å². The SMILES string of the molecule is CCC(CC1CC1)NC(=O)NC1CCC(C(=O)O)C1. The monoisotopic (exact) mass is 268 g/mol. The fourth-order valence-electron chi connectivity index (χ4n) is 2.83. The standard InChI is InChI=1S/C14H24N2O3/c1-2-11(7-9-3-4-9)15-14(19)16-12-6-5-10(8-12)13(17)18/h9-12H,2-8H2,1H3,(H,17,18)(H2,15,16,19). The van der Waals surface area contributed by atoms with E-state index in [-0.39, 0.29) is 24.0 Å². The van der Waals surface area contributed by atoms with Crippen molar-refractivity contribution in [3.8, 4) is 0 Å². The first-order valence-electron chi connectivity index (χ1n) is 7.38. The van der Waals surface area contributed by atoms with Crippen LogP contribution in [0.15, 0.2) is 0 Å². The van der Waals surface area contributed by atoms with Gasteiger partial charge in [0.1, 0.15) is 0 Å². The van der Waals surface area contributed by atoms with Crippen LogP contribution in [-0.2, 0) is 4.79 Å². The van der Waals surface area contributed by atoms with Crippen LogP contribution in [0.1, 0.15) is 51.9 Å². The van der Waals surface area contributed by atoms with Crippen LogP contribution < -0.4 is 10.6 Å². The molecule has 2 amide bonds. The minimum absolute atomic E-state index is 0.0135. The number of nitrogens with one attached hydrogen (secondary N) is 2. The molecule has 19 heavy (non-hydrogen) atoms. The molecule has 0 heterocycles. The van der Waals surface area contributed by atoms with Gasteiger partial charge in [0, 0.05) is 12.1 Å². The molecular formula is C14H24N2O3. The first kappa shape index (κ1) is 14.2. The third-order valence-corrected chi connectivity index (χ3v) is 4.26. The van der Waals surface area contributed by atoms with E-state index in [9.17, 15) is 9.59 Å². The summed E-state index contributed by atoms with van der Waals surface area (Å²) in [5.74, 6) is -0.239. The molecule has 108 valence electrons. The van der Waals surface area contributed by atoms with Gasteiger partial charge in [0.05, 0.1) is 5.92 Å². The Morgan fingerprint density at radius 1 is 1.26 bits per heavy atom. The lowest BCUT2D eigenvalue weighted by molar-refractivity contribution is -0.141. The molecule has 0 saturated heterocycles. The largest absolute Gasteiger partial charge is 0.481 e. The van der Waals surface area contributed by atoms with E-state index in [1.54, 1.807) is 0 Å². The van der Waals surface area contributed by atoms with Gasteiger partial charge in [-0.2, -0.15) is 0 Å². The van der Waals surface area contributed by atoms with E-state index in [2.05, 4.69) is 17.6 Å². The Labute approximate surface area is 114 Å². The van der Waals surface area contributed by atoms with Crippen molar-refractivity contribution in [1.29, 1.82) is 0 Å². The number of hydrogen-bond donors (Lipinski definition) is 3. The molecule has 2 rings (SSSR count). The van der Waals surface area contributed by atoms with Gasteiger partial charge in [-0.25, -0.2) is 4.79 Å². The number of hydrogen-bond acceptors (Lipinski definition) is 2. The first-order chi connectivity index (χ1) is 9.08. The van der Waals surface area contributed by atoms with Gasteiger partial charge >= 0.3 is 12.0 Å². The van der Waals surface area contributed by atoms with Crippen LogP contribution >= 0.6 is 0 Å². The third-order valence-electron chi connectivity index (χ3n) is 4.26. The van der Waals surface area contributed by atoms with Gasteiger partial charge in [-0.15, -0.1) is 0 Å². The van der Waals surface area contributed by atoms with Gasteiger partial charge in [-0.05, 0) is 38.0 Å². The number of aliphatic carboxylic acids is 1. The van der Waals surface area contributed by atoms with E-state index >= 15 is 0 Å². The number of urea groups is 1. The Morgan fingerprint density at radius 2 is 2.00 bits per heavy atom. The van der Waals surface area contributed by atoms with Crippen molar-refractivity contribution in [1.82, 2.24) is 10.6 Å². The second-order valence-corrected chi connectivity index (χ2v) is 5.95. The predicted molar refractivity (Wildman–Crippen MR) is 71.9 cm³/mol. The lowest BCUT2D eigenvalue weighted by Crippen LogP contribution is -2.45.